The minimum Gasteiger partial charge on any atom is -0.507 e. The fourth-order valence-electron chi connectivity index (χ4n) is 3.26. The van der Waals surface area contributed by atoms with Gasteiger partial charge in [-0.15, -0.1) is 11.3 Å². The highest BCUT2D eigenvalue weighted by molar-refractivity contribution is 7.14. The van der Waals surface area contributed by atoms with Crippen LogP contribution in [0.25, 0.3) is 33.0 Å². The van der Waals surface area contributed by atoms with E-state index in [9.17, 15) is 9.90 Å². The van der Waals surface area contributed by atoms with Crippen LogP contribution in [0, 0.1) is 0 Å². The normalized spacial score (nSPS) is 11.5. The standard InChI is InChI=1S/C23H15N3O3S/c27-20-10-9-14-5-1-3-7-16(14)18(20)12-24-26-23-25-19(13-30-23)17-11-15-6-2-4-8-21(15)29-22(17)28/h1-13,27H,(H,25,26)/b24-12-. The Balaban J connectivity index is 1.42. The van der Waals surface area contributed by atoms with Crippen molar-refractivity contribution in [2.24, 2.45) is 5.10 Å². The summed E-state index contributed by atoms with van der Waals surface area (Å²) in [7, 11) is 0. The number of para-hydroxylation sites is 1. The first-order chi connectivity index (χ1) is 14.7. The van der Waals surface area contributed by atoms with Crippen LogP contribution in [0.5, 0.6) is 5.75 Å². The van der Waals surface area contributed by atoms with E-state index < -0.39 is 5.63 Å². The number of anilines is 1. The molecule has 146 valence electrons. The van der Waals surface area contributed by atoms with Crippen molar-refractivity contribution in [3.8, 4) is 17.0 Å². The lowest BCUT2D eigenvalue weighted by atomic mass is 10.0. The summed E-state index contributed by atoms with van der Waals surface area (Å²) in [6, 6.07) is 20.4. The summed E-state index contributed by atoms with van der Waals surface area (Å²) in [5.41, 5.74) is 4.50. The molecular formula is C23H15N3O3S. The van der Waals surface area contributed by atoms with Crippen LogP contribution in [0.4, 0.5) is 5.13 Å². The number of nitrogens with zero attached hydrogens (tertiary/aromatic N) is 2. The molecule has 2 N–H and O–H groups in total. The number of hydrogen-bond acceptors (Lipinski definition) is 7. The average Bonchev–Trinajstić information content (AvgIpc) is 3.23. The molecule has 0 bridgehead atoms. The summed E-state index contributed by atoms with van der Waals surface area (Å²) in [5, 5.41) is 19.4. The van der Waals surface area contributed by atoms with Gasteiger partial charge in [-0.25, -0.2) is 9.78 Å². The summed E-state index contributed by atoms with van der Waals surface area (Å²) >= 11 is 1.32. The van der Waals surface area contributed by atoms with Gasteiger partial charge in [-0.2, -0.15) is 5.10 Å². The summed E-state index contributed by atoms with van der Waals surface area (Å²) in [4.78, 5) is 16.8. The van der Waals surface area contributed by atoms with E-state index in [0.29, 0.717) is 27.5 Å². The molecule has 0 spiro atoms. The van der Waals surface area contributed by atoms with Crippen LogP contribution in [0.1, 0.15) is 5.56 Å². The average molecular weight is 413 g/mol. The Morgan fingerprint density at radius 3 is 2.73 bits per heavy atom. The molecule has 0 saturated heterocycles. The van der Waals surface area contributed by atoms with Gasteiger partial charge in [0.05, 0.1) is 17.5 Å². The van der Waals surface area contributed by atoms with Crippen molar-refractivity contribution in [3.05, 3.63) is 88.1 Å². The van der Waals surface area contributed by atoms with Crippen molar-refractivity contribution < 1.29 is 9.52 Å². The number of hydrogen-bond donors (Lipinski definition) is 2. The number of aromatic nitrogens is 1. The van der Waals surface area contributed by atoms with Crippen LogP contribution in [-0.4, -0.2) is 16.3 Å². The Hall–Kier alpha value is -3.97. The number of hydrazone groups is 1. The smallest absolute Gasteiger partial charge is 0.345 e. The third kappa shape index (κ3) is 3.31. The van der Waals surface area contributed by atoms with Crippen LogP contribution in [0.15, 0.2) is 86.4 Å². The summed E-state index contributed by atoms with van der Waals surface area (Å²) in [5.74, 6) is 0.146. The minimum atomic E-state index is -0.435. The number of nitrogens with one attached hydrogen (secondary N) is 1. The molecule has 7 heteroatoms. The zero-order chi connectivity index (χ0) is 20.5. The van der Waals surface area contributed by atoms with Gasteiger partial charge in [-0.05, 0) is 29.0 Å². The molecule has 0 atom stereocenters. The van der Waals surface area contributed by atoms with Gasteiger partial charge in [-0.3, -0.25) is 5.43 Å². The lowest BCUT2D eigenvalue weighted by molar-refractivity contribution is 0.475. The van der Waals surface area contributed by atoms with Gasteiger partial charge in [0.15, 0.2) is 0 Å². The maximum Gasteiger partial charge on any atom is 0.345 e. The van der Waals surface area contributed by atoms with Gasteiger partial charge in [0.2, 0.25) is 5.13 Å². The van der Waals surface area contributed by atoms with Crippen LogP contribution < -0.4 is 11.1 Å². The van der Waals surface area contributed by atoms with Gasteiger partial charge < -0.3 is 9.52 Å². The van der Waals surface area contributed by atoms with Crippen LogP contribution in [-0.2, 0) is 0 Å². The Labute approximate surface area is 174 Å². The molecule has 0 unspecified atom stereocenters. The second-order valence-electron chi connectivity index (χ2n) is 6.61. The highest BCUT2D eigenvalue weighted by atomic mass is 32.1. The van der Waals surface area contributed by atoms with E-state index in [2.05, 4.69) is 15.5 Å². The third-order valence-corrected chi connectivity index (χ3v) is 5.47. The minimum absolute atomic E-state index is 0.146. The lowest BCUT2D eigenvalue weighted by Gasteiger charge is -2.04. The lowest BCUT2D eigenvalue weighted by Crippen LogP contribution is -2.02. The topological polar surface area (TPSA) is 87.7 Å². The van der Waals surface area contributed by atoms with Crippen molar-refractivity contribution in [2.45, 2.75) is 0 Å². The molecule has 30 heavy (non-hydrogen) atoms. The Bertz CT molecular complexity index is 1470. The maximum atomic E-state index is 12.3. The number of rotatable bonds is 4. The number of phenolic OH excluding ortho intramolecular Hbond substituents is 1. The fraction of sp³-hybridized carbons (Fsp3) is 0. The zero-order valence-electron chi connectivity index (χ0n) is 15.6. The molecule has 0 saturated carbocycles. The number of fused-ring (bicyclic) bond motifs is 2. The van der Waals surface area contributed by atoms with Crippen molar-refractivity contribution in [2.75, 3.05) is 5.43 Å². The van der Waals surface area contributed by atoms with E-state index in [-0.39, 0.29) is 5.75 Å². The molecule has 0 aliphatic rings. The van der Waals surface area contributed by atoms with E-state index in [0.717, 1.165) is 16.2 Å². The van der Waals surface area contributed by atoms with Crippen LogP contribution in [0.3, 0.4) is 0 Å². The van der Waals surface area contributed by atoms with Gasteiger partial charge in [-0.1, -0.05) is 48.5 Å². The number of thiazole rings is 1. The summed E-state index contributed by atoms with van der Waals surface area (Å²) in [6.07, 6.45) is 1.56. The van der Waals surface area contributed by atoms with Crippen molar-refractivity contribution in [1.82, 2.24) is 4.98 Å². The molecule has 6 nitrogen and oxygen atoms in total. The molecule has 2 heterocycles. The zero-order valence-corrected chi connectivity index (χ0v) is 16.4. The van der Waals surface area contributed by atoms with E-state index in [1.807, 2.05) is 48.5 Å². The summed E-state index contributed by atoms with van der Waals surface area (Å²) in [6.45, 7) is 0. The van der Waals surface area contributed by atoms with Gasteiger partial charge >= 0.3 is 5.63 Å². The van der Waals surface area contributed by atoms with Crippen LogP contribution >= 0.6 is 11.3 Å². The van der Waals surface area contributed by atoms with E-state index in [1.54, 1.807) is 29.8 Å². The van der Waals surface area contributed by atoms with Crippen LogP contribution in [0.2, 0.25) is 0 Å². The van der Waals surface area contributed by atoms with E-state index in [4.69, 9.17) is 4.42 Å². The van der Waals surface area contributed by atoms with Crippen molar-refractivity contribution in [1.29, 1.82) is 0 Å². The molecule has 5 rings (SSSR count). The maximum absolute atomic E-state index is 12.3. The predicted octanol–water partition coefficient (Wildman–Crippen LogP) is 5.22. The van der Waals surface area contributed by atoms with E-state index >= 15 is 0 Å². The second-order valence-corrected chi connectivity index (χ2v) is 7.47. The highest BCUT2D eigenvalue weighted by Gasteiger charge is 2.11. The first kappa shape index (κ1) is 18.1. The summed E-state index contributed by atoms with van der Waals surface area (Å²) < 4.78 is 5.38. The molecular weight excluding hydrogens is 398 g/mol. The Kier molecular flexibility index (Phi) is 4.49. The first-order valence-corrected chi connectivity index (χ1v) is 10.1. The quantitative estimate of drug-likeness (QED) is 0.240. The van der Waals surface area contributed by atoms with Gasteiger partial charge in [0.25, 0.3) is 0 Å². The number of aromatic hydroxyl groups is 1. The monoisotopic (exact) mass is 413 g/mol. The van der Waals surface area contributed by atoms with Crippen molar-refractivity contribution in [3.63, 3.8) is 0 Å². The molecule has 2 aromatic heterocycles. The molecule has 0 radical (unpaired) electrons. The van der Waals surface area contributed by atoms with E-state index in [1.165, 1.54) is 11.3 Å². The SMILES string of the molecule is O=c1oc2ccccc2cc1-c1csc(N/N=C\c2c(O)ccc3ccccc23)n1. The Morgan fingerprint density at radius 1 is 1.03 bits per heavy atom. The molecule has 0 amide bonds. The Morgan fingerprint density at radius 2 is 1.83 bits per heavy atom. The predicted molar refractivity (Wildman–Crippen MR) is 120 cm³/mol. The number of phenols is 1. The van der Waals surface area contributed by atoms with Gasteiger partial charge in [0.1, 0.15) is 11.3 Å². The van der Waals surface area contributed by atoms with Crippen molar-refractivity contribution >= 4 is 44.4 Å². The largest absolute Gasteiger partial charge is 0.507 e. The molecule has 5 aromatic rings. The van der Waals surface area contributed by atoms with Gasteiger partial charge in [0, 0.05) is 16.3 Å². The molecule has 0 aliphatic heterocycles. The molecule has 0 fully saturated rings. The second kappa shape index (κ2) is 7.46. The highest BCUT2D eigenvalue weighted by Crippen LogP contribution is 2.27. The third-order valence-electron chi connectivity index (χ3n) is 4.72. The molecule has 3 aromatic carbocycles. The first-order valence-electron chi connectivity index (χ1n) is 9.17. The molecule has 0 aliphatic carbocycles. The fourth-order valence-corrected chi connectivity index (χ4v) is 3.92. The number of benzene rings is 3.